The number of alkyl halides is 3. The van der Waals surface area contributed by atoms with E-state index in [1.165, 1.54) is 6.07 Å². The molecule has 1 aliphatic heterocycles. The van der Waals surface area contributed by atoms with Crippen LogP contribution in [0.4, 0.5) is 13.2 Å². The lowest BCUT2D eigenvalue weighted by Crippen LogP contribution is -2.47. The van der Waals surface area contributed by atoms with Gasteiger partial charge in [-0.15, -0.1) is 0 Å². The van der Waals surface area contributed by atoms with Gasteiger partial charge in [0.25, 0.3) is 5.91 Å². The van der Waals surface area contributed by atoms with Crippen molar-refractivity contribution in [2.75, 3.05) is 27.4 Å². The summed E-state index contributed by atoms with van der Waals surface area (Å²) in [4.78, 5) is 20.0. The van der Waals surface area contributed by atoms with Crippen molar-refractivity contribution in [2.24, 2.45) is 5.41 Å². The van der Waals surface area contributed by atoms with Crippen molar-refractivity contribution in [3.8, 4) is 11.4 Å². The first-order chi connectivity index (χ1) is 15.4. The van der Waals surface area contributed by atoms with E-state index in [0.29, 0.717) is 30.2 Å². The van der Waals surface area contributed by atoms with Gasteiger partial charge < -0.3 is 19.5 Å². The average molecular weight is 468 g/mol. The lowest BCUT2D eigenvalue weighted by molar-refractivity contribution is -0.137. The number of benzene rings is 1. The number of rotatable bonds is 6. The van der Waals surface area contributed by atoms with Crippen LogP contribution in [0.25, 0.3) is 11.4 Å². The molecule has 1 aromatic carbocycles. The molecule has 0 spiro atoms. The second kappa shape index (κ2) is 9.82. The third-order valence-corrected chi connectivity index (χ3v) is 5.52. The Balaban J connectivity index is 2.04. The van der Waals surface area contributed by atoms with E-state index in [4.69, 9.17) is 4.74 Å². The first kappa shape index (κ1) is 25.2. The fraction of sp³-hybridized carbons (Fsp3) is 0.565. The third-order valence-electron chi connectivity index (χ3n) is 5.52. The molecule has 0 aliphatic carbocycles. The minimum atomic E-state index is -4.46. The Morgan fingerprint density at radius 3 is 2.61 bits per heavy atom. The van der Waals surface area contributed by atoms with Crippen molar-refractivity contribution >= 4 is 5.91 Å². The van der Waals surface area contributed by atoms with Crippen molar-refractivity contribution in [2.45, 2.75) is 52.7 Å². The Labute approximate surface area is 192 Å². The average Bonchev–Trinajstić information content (AvgIpc) is 2.96. The molecule has 0 unspecified atom stereocenters. The van der Waals surface area contributed by atoms with Crippen molar-refractivity contribution in [3.05, 3.63) is 41.2 Å². The molecule has 0 bridgehead atoms. The smallest absolute Gasteiger partial charge is 0.343 e. The van der Waals surface area contributed by atoms with E-state index in [1.807, 2.05) is 32.4 Å². The summed E-state index contributed by atoms with van der Waals surface area (Å²) in [5, 5.41) is 5.82. The van der Waals surface area contributed by atoms with Gasteiger partial charge >= 0.3 is 6.18 Å². The van der Waals surface area contributed by atoms with Gasteiger partial charge in [0.1, 0.15) is 12.1 Å². The van der Waals surface area contributed by atoms with Crippen molar-refractivity contribution in [3.63, 3.8) is 0 Å². The van der Waals surface area contributed by atoms with Gasteiger partial charge in [0, 0.05) is 24.1 Å². The Morgan fingerprint density at radius 2 is 1.97 bits per heavy atom. The van der Waals surface area contributed by atoms with Gasteiger partial charge in [0.05, 0.1) is 18.0 Å². The number of imidazole rings is 1. The van der Waals surface area contributed by atoms with E-state index >= 15 is 0 Å². The Kier molecular flexibility index (Phi) is 7.50. The molecule has 3 rings (SSSR count). The van der Waals surface area contributed by atoms with E-state index in [1.54, 1.807) is 13.1 Å². The molecule has 1 amide bonds. The maximum absolute atomic E-state index is 13.3. The number of amides is 1. The molecule has 7 nitrogen and oxygen atoms in total. The largest absolute Gasteiger partial charge is 0.416 e. The van der Waals surface area contributed by atoms with Crippen LogP contribution in [0.2, 0.25) is 0 Å². The first-order valence-electron chi connectivity index (χ1n) is 10.9. The number of hydrogen-bond donors (Lipinski definition) is 2. The van der Waals surface area contributed by atoms with Crippen molar-refractivity contribution in [1.82, 2.24) is 25.1 Å². The van der Waals surface area contributed by atoms with Gasteiger partial charge in [-0.1, -0.05) is 32.9 Å². The maximum Gasteiger partial charge on any atom is 0.416 e. The fourth-order valence-electron chi connectivity index (χ4n) is 3.82. The van der Waals surface area contributed by atoms with Crippen LogP contribution in [0.5, 0.6) is 0 Å². The quantitative estimate of drug-likeness (QED) is 0.634. The van der Waals surface area contributed by atoms with Crippen LogP contribution in [-0.2, 0) is 24.0 Å². The summed E-state index contributed by atoms with van der Waals surface area (Å²) in [6.07, 6.45) is -4.26. The first-order valence-corrected chi connectivity index (χ1v) is 10.9. The highest BCUT2D eigenvalue weighted by Gasteiger charge is 2.33. The Morgan fingerprint density at radius 1 is 1.24 bits per heavy atom. The lowest BCUT2D eigenvalue weighted by atomic mass is 9.94. The number of halogens is 3. The molecule has 1 aliphatic rings. The number of aromatic nitrogens is 2. The standard InChI is InChI=1S/C23H32F3N5O2/c1-22(2,3)21(33-14-27-4)29-20(32)18-17-13-30(5)10-7-11-31(17)19(28-18)15-8-6-9-16(12-15)23(24,25)26/h6,8-9,12,21,27H,7,10-11,13-14H2,1-5H3,(H,29,32)/t21-/m1/s1. The molecule has 10 heteroatoms. The van der Waals surface area contributed by atoms with Gasteiger partial charge in [-0.25, -0.2) is 4.98 Å². The molecule has 0 saturated carbocycles. The van der Waals surface area contributed by atoms with Gasteiger partial charge in [-0.3, -0.25) is 10.1 Å². The van der Waals surface area contributed by atoms with Crippen LogP contribution in [0.1, 0.15) is 48.9 Å². The summed E-state index contributed by atoms with van der Waals surface area (Å²) in [5.41, 5.74) is 0.0830. The summed E-state index contributed by atoms with van der Waals surface area (Å²) < 4.78 is 47.6. The van der Waals surface area contributed by atoms with Crippen LogP contribution in [0, 0.1) is 5.41 Å². The van der Waals surface area contributed by atoms with Crippen molar-refractivity contribution < 1.29 is 22.7 Å². The van der Waals surface area contributed by atoms with Gasteiger partial charge in [-0.2, -0.15) is 13.2 Å². The molecule has 2 aromatic rings. The number of nitrogens with zero attached hydrogens (tertiary/aromatic N) is 3. The second-order valence-electron chi connectivity index (χ2n) is 9.44. The molecule has 0 saturated heterocycles. The van der Waals surface area contributed by atoms with Gasteiger partial charge in [0.15, 0.2) is 5.69 Å². The summed E-state index contributed by atoms with van der Waals surface area (Å²) in [6, 6.07) is 5.07. The summed E-state index contributed by atoms with van der Waals surface area (Å²) in [6.45, 7) is 7.93. The van der Waals surface area contributed by atoms with Crippen LogP contribution in [0.15, 0.2) is 24.3 Å². The zero-order chi connectivity index (χ0) is 24.4. The number of carbonyl (C=O) groups excluding carboxylic acids is 1. The van der Waals surface area contributed by atoms with Crippen LogP contribution < -0.4 is 10.6 Å². The van der Waals surface area contributed by atoms with E-state index in [2.05, 4.69) is 20.5 Å². The van der Waals surface area contributed by atoms with Crippen LogP contribution >= 0.6 is 0 Å². The molecule has 2 N–H and O–H groups in total. The zero-order valence-electron chi connectivity index (χ0n) is 19.7. The summed E-state index contributed by atoms with van der Waals surface area (Å²) in [7, 11) is 3.69. The maximum atomic E-state index is 13.3. The molecule has 2 heterocycles. The highest BCUT2D eigenvalue weighted by molar-refractivity contribution is 5.94. The normalized spacial score (nSPS) is 16.2. The van der Waals surface area contributed by atoms with E-state index in [9.17, 15) is 18.0 Å². The van der Waals surface area contributed by atoms with E-state index < -0.39 is 23.9 Å². The molecular weight excluding hydrogens is 435 g/mol. The number of carbonyl (C=O) groups is 1. The molecular formula is C23H32F3N5O2. The molecule has 33 heavy (non-hydrogen) atoms. The summed E-state index contributed by atoms with van der Waals surface area (Å²) in [5.74, 6) is -0.0525. The number of nitrogens with one attached hydrogen (secondary N) is 2. The Bertz CT molecular complexity index is 981. The molecule has 0 radical (unpaired) electrons. The number of ether oxygens (including phenoxy) is 1. The van der Waals surface area contributed by atoms with E-state index in [-0.39, 0.29) is 17.8 Å². The molecule has 182 valence electrons. The molecule has 1 atom stereocenters. The van der Waals surface area contributed by atoms with Crippen LogP contribution in [0.3, 0.4) is 0 Å². The zero-order valence-corrected chi connectivity index (χ0v) is 19.7. The SMILES string of the molecule is CNCO[C@@H](NC(=O)c1nc(-c2cccc(C(F)(F)F)c2)n2c1CN(C)CCC2)C(C)(C)C. The molecule has 0 fully saturated rings. The van der Waals surface area contributed by atoms with Crippen molar-refractivity contribution in [1.29, 1.82) is 0 Å². The minimum absolute atomic E-state index is 0.207. The fourth-order valence-corrected chi connectivity index (χ4v) is 3.82. The predicted octanol–water partition coefficient (Wildman–Crippen LogP) is 3.70. The monoisotopic (exact) mass is 467 g/mol. The van der Waals surface area contributed by atoms with Gasteiger partial charge in [0.2, 0.25) is 0 Å². The van der Waals surface area contributed by atoms with E-state index in [0.717, 1.165) is 25.1 Å². The van der Waals surface area contributed by atoms with Gasteiger partial charge in [-0.05, 0) is 39.2 Å². The second-order valence-corrected chi connectivity index (χ2v) is 9.44. The molecule has 1 aromatic heterocycles. The van der Waals surface area contributed by atoms with Crippen LogP contribution in [-0.4, -0.2) is 54.0 Å². The highest BCUT2D eigenvalue weighted by Crippen LogP contribution is 2.33. The lowest BCUT2D eigenvalue weighted by Gasteiger charge is -2.31. The summed E-state index contributed by atoms with van der Waals surface area (Å²) >= 11 is 0. The number of hydrogen-bond acceptors (Lipinski definition) is 5. The number of fused-ring (bicyclic) bond motifs is 1. The predicted molar refractivity (Wildman–Crippen MR) is 119 cm³/mol. The topological polar surface area (TPSA) is 71.4 Å². The minimum Gasteiger partial charge on any atom is -0.343 e. The third kappa shape index (κ3) is 5.93. The Hall–Kier alpha value is -2.43. The highest BCUT2D eigenvalue weighted by atomic mass is 19.4.